The normalized spacial score (nSPS) is 10.4. The molecule has 0 saturated carbocycles. The molecule has 0 aliphatic carbocycles. The van der Waals surface area contributed by atoms with Crippen LogP contribution in [-0.2, 0) is 13.6 Å². The molecule has 0 radical (unpaired) electrons. The molecule has 2 aromatic heterocycles. The second-order valence-electron chi connectivity index (χ2n) is 3.56. The summed E-state index contributed by atoms with van der Waals surface area (Å²) in [6.07, 6.45) is 1.68. The van der Waals surface area contributed by atoms with E-state index in [0.29, 0.717) is 18.3 Å². The zero-order chi connectivity index (χ0) is 11.5. The Hall–Kier alpha value is -1.88. The maximum atomic E-state index is 5.61. The largest absolute Gasteiger partial charge is 0.421 e. The highest BCUT2D eigenvalue weighted by molar-refractivity contribution is 5.25. The van der Waals surface area contributed by atoms with Crippen LogP contribution in [0.15, 0.2) is 24.4 Å². The maximum absolute atomic E-state index is 5.61. The Bertz CT molecular complexity index is 492. The first kappa shape index (κ1) is 10.6. The van der Waals surface area contributed by atoms with E-state index in [2.05, 4.69) is 10.1 Å². The van der Waals surface area contributed by atoms with Crippen molar-refractivity contribution in [1.82, 2.24) is 14.8 Å². The summed E-state index contributed by atoms with van der Waals surface area (Å²) in [6.45, 7) is 2.39. The van der Waals surface area contributed by atoms with E-state index in [1.165, 1.54) is 0 Å². The van der Waals surface area contributed by atoms with E-state index in [4.69, 9.17) is 10.5 Å². The van der Waals surface area contributed by atoms with E-state index in [0.717, 1.165) is 11.3 Å². The Kier molecular flexibility index (Phi) is 2.87. The Balaban J connectivity index is 2.23. The molecule has 0 aromatic carbocycles. The first-order chi connectivity index (χ1) is 7.69. The second kappa shape index (κ2) is 4.32. The summed E-state index contributed by atoms with van der Waals surface area (Å²) in [6, 6.07) is 5.54. The molecule has 2 aromatic rings. The third-order valence-corrected chi connectivity index (χ3v) is 2.20. The molecule has 84 valence electrons. The number of aromatic nitrogens is 3. The maximum Gasteiger partial charge on any atom is 0.221 e. The molecule has 0 amide bonds. The molecule has 2 N–H and O–H groups in total. The quantitative estimate of drug-likeness (QED) is 0.845. The lowest BCUT2D eigenvalue weighted by atomic mass is 10.3. The fourth-order valence-electron chi connectivity index (χ4n) is 1.42. The van der Waals surface area contributed by atoms with Crippen LogP contribution in [0.5, 0.6) is 11.8 Å². The molecular weight excluding hydrogens is 204 g/mol. The molecule has 5 nitrogen and oxygen atoms in total. The molecule has 16 heavy (non-hydrogen) atoms. The lowest BCUT2D eigenvalue weighted by Crippen LogP contribution is -1.99. The Morgan fingerprint density at radius 3 is 2.88 bits per heavy atom. The van der Waals surface area contributed by atoms with Gasteiger partial charge in [-0.1, -0.05) is 0 Å². The van der Waals surface area contributed by atoms with Crippen LogP contribution in [0.25, 0.3) is 0 Å². The van der Waals surface area contributed by atoms with Crippen molar-refractivity contribution in [2.45, 2.75) is 13.5 Å². The van der Waals surface area contributed by atoms with Crippen molar-refractivity contribution in [2.75, 3.05) is 0 Å². The minimum absolute atomic E-state index is 0.475. The minimum atomic E-state index is 0.475. The summed E-state index contributed by atoms with van der Waals surface area (Å²) in [7, 11) is 1.83. The number of hydrogen-bond donors (Lipinski definition) is 1. The summed E-state index contributed by atoms with van der Waals surface area (Å²) in [5.41, 5.74) is 7.44. The summed E-state index contributed by atoms with van der Waals surface area (Å²) >= 11 is 0. The van der Waals surface area contributed by atoms with Crippen LogP contribution in [0.1, 0.15) is 11.3 Å². The monoisotopic (exact) mass is 218 g/mol. The van der Waals surface area contributed by atoms with Crippen molar-refractivity contribution in [3.8, 4) is 11.8 Å². The molecule has 0 unspecified atom stereocenters. The van der Waals surface area contributed by atoms with Gasteiger partial charge in [-0.2, -0.15) is 5.10 Å². The van der Waals surface area contributed by atoms with E-state index in [9.17, 15) is 0 Å². The van der Waals surface area contributed by atoms with Gasteiger partial charge in [0.2, 0.25) is 11.8 Å². The second-order valence-corrected chi connectivity index (χ2v) is 3.56. The van der Waals surface area contributed by atoms with Gasteiger partial charge in [-0.05, 0) is 18.6 Å². The average Bonchev–Trinajstić information content (AvgIpc) is 2.58. The van der Waals surface area contributed by atoms with E-state index in [1.54, 1.807) is 10.9 Å². The van der Waals surface area contributed by atoms with Crippen molar-refractivity contribution in [3.05, 3.63) is 35.7 Å². The van der Waals surface area contributed by atoms with Gasteiger partial charge in [-0.3, -0.25) is 0 Å². The van der Waals surface area contributed by atoms with E-state index in [-0.39, 0.29) is 0 Å². The highest BCUT2D eigenvalue weighted by atomic mass is 16.5. The first-order valence-electron chi connectivity index (χ1n) is 5.02. The summed E-state index contributed by atoms with van der Waals surface area (Å²) in [5, 5.41) is 4.19. The number of nitrogens with two attached hydrogens (primary N) is 1. The molecule has 0 bridgehead atoms. The molecule has 0 atom stereocenters. The molecule has 5 heteroatoms. The Morgan fingerprint density at radius 1 is 1.44 bits per heavy atom. The van der Waals surface area contributed by atoms with Crippen LogP contribution >= 0.6 is 0 Å². The van der Waals surface area contributed by atoms with Crippen LogP contribution in [0.4, 0.5) is 0 Å². The van der Waals surface area contributed by atoms with Gasteiger partial charge in [0.25, 0.3) is 0 Å². The predicted molar refractivity (Wildman–Crippen MR) is 60.1 cm³/mol. The molecular formula is C11H14N4O. The summed E-state index contributed by atoms with van der Waals surface area (Å²) < 4.78 is 7.28. The van der Waals surface area contributed by atoms with Crippen LogP contribution < -0.4 is 10.5 Å². The zero-order valence-corrected chi connectivity index (χ0v) is 9.34. The molecule has 0 fully saturated rings. The lowest BCUT2D eigenvalue weighted by molar-refractivity contribution is 0.415. The van der Waals surface area contributed by atoms with Crippen LogP contribution in [-0.4, -0.2) is 14.8 Å². The molecule has 0 aliphatic rings. The third kappa shape index (κ3) is 2.20. The number of nitrogens with zero attached hydrogens (tertiary/aromatic N) is 3. The SMILES string of the molecule is Cc1cc(Oc2cc(CN)ccn2)n(C)n1. The topological polar surface area (TPSA) is 66.0 Å². The summed E-state index contributed by atoms with van der Waals surface area (Å²) in [5.74, 6) is 1.20. The van der Waals surface area contributed by atoms with Crippen molar-refractivity contribution in [2.24, 2.45) is 12.8 Å². The highest BCUT2D eigenvalue weighted by Gasteiger charge is 2.05. The third-order valence-electron chi connectivity index (χ3n) is 2.20. The molecule has 2 rings (SSSR count). The number of aryl methyl sites for hydroxylation is 2. The zero-order valence-electron chi connectivity index (χ0n) is 9.34. The van der Waals surface area contributed by atoms with E-state index >= 15 is 0 Å². The predicted octanol–water partition coefficient (Wildman–Crippen LogP) is 1.37. The van der Waals surface area contributed by atoms with Gasteiger partial charge >= 0.3 is 0 Å². The van der Waals surface area contributed by atoms with Gasteiger partial charge in [0.15, 0.2) is 0 Å². The fraction of sp³-hybridized carbons (Fsp3) is 0.273. The Labute approximate surface area is 93.9 Å². The van der Waals surface area contributed by atoms with Gasteiger partial charge < -0.3 is 10.5 Å². The van der Waals surface area contributed by atoms with Gasteiger partial charge in [0.1, 0.15) is 0 Å². The molecule has 2 heterocycles. The number of ether oxygens (including phenoxy) is 1. The van der Waals surface area contributed by atoms with Gasteiger partial charge in [-0.25, -0.2) is 9.67 Å². The number of pyridine rings is 1. The smallest absolute Gasteiger partial charge is 0.221 e. The molecule has 0 saturated heterocycles. The summed E-state index contributed by atoms with van der Waals surface area (Å²) in [4.78, 5) is 4.11. The van der Waals surface area contributed by atoms with E-state index in [1.807, 2.05) is 32.2 Å². The van der Waals surface area contributed by atoms with Gasteiger partial charge in [0, 0.05) is 31.9 Å². The van der Waals surface area contributed by atoms with Gasteiger partial charge in [0.05, 0.1) is 5.69 Å². The van der Waals surface area contributed by atoms with Crippen molar-refractivity contribution in [3.63, 3.8) is 0 Å². The number of rotatable bonds is 3. The minimum Gasteiger partial charge on any atom is -0.421 e. The van der Waals surface area contributed by atoms with Crippen molar-refractivity contribution >= 4 is 0 Å². The van der Waals surface area contributed by atoms with Gasteiger partial charge in [-0.15, -0.1) is 0 Å². The Morgan fingerprint density at radius 2 is 2.25 bits per heavy atom. The fourth-order valence-corrected chi connectivity index (χ4v) is 1.42. The highest BCUT2D eigenvalue weighted by Crippen LogP contribution is 2.19. The van der Waals surface area contributed by atoms with Crippen molar-refractivity contribution in [1.29, 1.82) is 0 Å². The first-order valence-corrected chi connectivity index (χ1v) is 5.02. The molecule has 0 spiro atoms. The van der Waals surface area contributed by atoms with Crippen LogP contribution in [0, 0.1) is 6.92 Å². The van der Waals surface area contributed by atoms with E-state index < -0.39 is 0 Å². The lowest BCUT2D eigenvalue weighted by Gasteiger charge is -2.05. The van der Waals surface area contributed by atoms with Crippen LogP contribution in [0.3, 0.4) is 0 Å². The average molecular weight is 218 g/mol. The standard InChI is InChI=1S/C11H14N4O/c1-8-5-11(15(2)14-8)16-10-6-9(7-12)3-4-13-10/h3-6H,7,12H2,1-2H3. The van der Waals surface area contributed by atoms with Crippen LogP contribution in [0.2, 0.25) is 0 Å². The van der Waals surface area contributed by atoms with Crippen molar-refractivity contribution < 1.29 is 4.74 Å². The molecule has 0 aliphatic heterocycles. The number of hydrogen-bond acceptors (Lipinski definition) is 4.